The van der Waals surface area contributed by atoms with E-state index in [1.165, 1.54) is 23.1 Å². The summed E-state index contributed by atoms with van der Waals surface area (Å²) in [4.78, 5) is 29.9. The first-order valence-corrected chi connectivity index (χ1v) is 17.9. The molecule has 0 bridgehead atoms. The molecule has 1 atom stereocenters. The molecule has 2 amide bonds. The van der Waals surface area contributed by atoms with E-state index in [9.17, 15) is 18.0 Å². The molecule has 0 aromatic heterocycles. The first kappa shape index (κ1) is 36.3. The van der Waals surface area contributed by atoms with Crippen LogP contribution in [0.25, 0.3) is 0 Å². The van der Waals surface area contributed by atoms with E-state index >= 15 is 0 Å². The van der Waals surface area contributed by atoms with Gasteiger partial charge < -0.3 is 10.2 Å². The largest absolute Gasteiger partial charge is 0.354 e. The van der Waals surface area contributed by atoms with Gasteiger partial charge in [-0.1, -0.05) is 108 Å². The first-order valence-electron chi connectivity index (χ1n) is 15.3. The molecule has 47 heavy (non-hydrogen) atoms. The number of hydrogen-bond donors (Lipinski definition) is 1. The molecule has 4 rings (SSSR count). The van der Waals surface area contributed by atoms with Crippen molar-refractivity contribution < 1.29 is 18.0 Å². The molecule has 0 aliphatic carbocycles. The minimum atomic E-state index is -4.27. The van der Waals surface area contributed by atoms with Crippen molar-refractivity contribution in [1.29, 1.82) is 0 Å². The van der Waals surface area contributed by atoms with Crippen LogP contribution in [0.2, 0.25) is 15.1 Å². The number of rotatable bonds is 14. The Kier molecular flexibility index (Phi) is 12.7. The van der Waals surface area contributed by atoms with Crippen LogP contribution in [0.1, 0.15) is 42.0 Å². The van der Waals surface area contributed by atoms with Gasteiger partial charge in [0.15, 0.2) is 0 Å². The monoisotopic (exact) mass is 713 g/mol. The Bertz CT molecular complexity index is 1780. The number of sulfonamides is 1. The highest BCUT2D eigenvalue weighted by Gasteiger charge is 2.35. The number of benzene rings is 4. The third-order valence-corrected chi connectivity index (χ3v) is 10.7. The van der Waals surface area contributed by atoms with Gasteiger partial charge in [-0.15, -0.1) is 0 Å². The summed E-state index contributed by atoms with van der Waals surface area (Å²) in [5.41, 5.74) is 3.09. The molecule has 7 nitrogen and oxygen atoms in total. The van der Waals surface area contributed by atoms with E-state index in [4.69, 9.17) is 34.8 Å². The van der Waals surface area contributed by atoms with Gasteiger partial charge in [0.1, 0.15) is 12.6 Å². The van der Waals surface area contributed by atoms with Crippen LogP contribution in [-0.2, 0) is 32.6 Å². The van der Waals surface area contributed by atoms with E-state index in [2.05, 4.69) is 5.32 Å². The number of hydrogen-bond acceptors (Lipinski definition) is 4. The van der Waals surface area contributed by atoms with Crippen molar-refractivity contribution in [2.24, 2.45) is 0 Å². The fraction of sp³-hybridized carbons (Fsp3) is 0.278. The summed E-state index contributed by atoms with van der Waals surface area (Å²) in [6.45, 7) is 5.34. The molecule has 0 unspecified atom stereocenters. The Morgan fingerprint density at radius 1 is 0.830 bits per heavy atom. The van der Waals surface area contributed by atoms with Gasteiger partial charge in [0.05, 0.1) is 10.6 Å². The number of aryl methyl sites for hydroxylation is 2. The summed E-state index contributed by atoms with van der Waals surface area (Å²) < 4.78 is 29.5. The topological polar surface area (TPSA) is 86.8 Å². The second-order valence-electron chi connectivity index (χ2n) is 11.3. The highest BCUT2D eigenvalue weighted by Crippen LogP contribution is 2.31. The molecule has 11 heteroatoms. The van der Waals surface area contributed by atoms with Gasteiger partial charge in [-0.25, -0.2) is 8.42 Å². The molecular formula is C36H38Cl3N3O4S. The lowest BCUT2D eigenvalue weighted by molar-refractivity contribution is -0.140. The first-order chi connectivity index (χ1) is 22.4. The summed E-state index contributed by atoms with van der Waals surface area (Å²) in [6.07, 6.45) is 1.80. The van der Waals surface area contributed by atoms with Gasteiger partial charge in [-0.3, -0.25) is 13.9 Å². The Morgan fingerprint density at radius 3 is 2.11 bits per heavy atom. The lowest BCUT2D eigenvalue weighted by Crippen LogP contribution is -2.53. The van der Waals surface area contributed by atoms with E-state index in [1.54, 1.807) is 49.4 Å². The van der Waals surface area contributed by atoms with Gasteiger partial charge in [-0.05, 0) is 67.8 Å². The van der Waals surface area contributed by atoms with Crippen molar-refractivity contribution in [2.45, 2.75) is 57.5 Å². The van der Waals surface area contributed by atoms with Crippen LogP contribution in [0.3, 0.4) is 0 Å². The van der Waals surface area contributed by atoms with E-state index in [0.29, 0.717) is 27.2 Å². The molecule has 4 aromatic carbocycles. The smallest absolute Gasteiger partial charge is 0.264 e. The maximum absolute atomic E-state index is 14.6. The molecule has 0 saturated carbocycles. The summed E-state index contributed by atoms with van der Waals surface area (Å²) in [6, 6.07) is 24.5. The van der Waals surface area contributed by atoms with Crippen LogP contribution in [-0.4, -0.2) is 44.3 Å². The van der Waals surface area contributed by atoms with E-state index in [0.717, 1.165) is 33.8 Å². The summed E-state index contributed by atoms with van der Waals surface area (Å²) in [5.74, 6) is -0.995. The van der Waals surface area contributed by atoms with Gasteiger partial charge in [0.25, 0.3) is 10.0 Å². The number of nitrogens with zero attached hydrogens (tertiary/aromatic N) is 2. The van der Waals surface area contributed by atoms with E-state index in [1.807, 2.05) is 44.2 Å². The maximum atomic E-state index is 14.6. The lowest BCUT2D eigenvalue weighted by atomic mass is 10.0. The molecule has 4 aromatic rings. The Morgan fingerprint density at radius 2 is 1.49 bits per heavy atom. The summed E-state index contributed by atoms with van der Waals surface area (Å²) >= 11 is 19.6. The number of nitrogens with one attached hydrogen (secondary N) is 1. The molecule has 0 heterocycles. The number of carbonyl (C=O) groups excluding carboxylic acids is 2. The standard InChI is InChI=1S/C36H38Cl3N3O4S/c1-4-5-20-40-36(44)34(21-27-10-7-6-8-11-27)41(23-30-31(37)12-9-13-32(30)38)35(43)24-42(28-17-16-26(3)33(39)22-28)47(45,46)29-18-14-25(2)15-19-29/h6-19,22,34H,4-5,20-21,23-24H2,1-3H3,(H,40,44)/t34-/m1/s1. The highest BCUT2D eigenvalue weighted by molar-refractivity contribution is 7.92. The molecular weight excluding hydrogens is 677 g/mol. The molecule has 0 radical (unpaired) electrons. The van der Waals surface area contributed by atoms with Crippen LogP contribution in [0, 0.1) is 13.8 Å². The SMILES string of the molecule is CCCCNC(=O)[C@@H](Cc1ccccc1)N(Cc1c(Cl)cccc1Cl)C(=O)CN(c1ccc(C)c(Cl)c1)S(=O)(=O)c1ccc(C)cc1. The molecule has 0 aliphatic rings. The quantitative estimate of drug-likeness (QED) is 0.134. The van der Waals surface area contributed by atoms with Crippen molar-refractivity contribution in [2.75, 3.05) is 17.4 Å². The van der Waals surface area contributed by atoms with Crippen LogP contribution < -0.4 is 9.62 Å². The number of amides is 2. The summed E-state index contributed by atoms with van der Waals surface area (Å²) in [7, 11) is -4.27. The van der Waals surface area contributed by atoms with Crippen LogP contribution in [0.4, 0.5) is 5.69 Å². The zero-order valence-corrected chi connectivity index (χ0v) is 29.6. The summed E-state index contributed by atoms with van der Waals surface area (Å²) in [5, 5.41) is 3.94. The zero-order valence-electron chi connectivity index (χ0n) is 26.5. The third kappa shape index (κ3) is 9.29. The van der Waals surface area contributed by atoms with Crippen LogP contribution in [0.5, 0.6) is 0 Å². The zero-order chi connectivity index (χ0) is 34.1. The fourth-order valence-corrected chi connectivity index (χ4v) is 7.11. The third-order valence-electron chi connectivity index (χ3n) is 7.82. The van der Waals surface area contributed by atoms with Crippen molar-refractivity contribution >= 4 is 62.3 Å². The number of anilines is 1. The average Bonchev–Trinajstić information content (AvgIpc) is 3.04. The van der Waals surface area contributed by atoms with Crippen LogP contribution in [0.15, 0.2) is 95.9 Å². The second kappa shape index (κ2) is 16.5. The lowest BCUT2D eigenvalue weighted by Gasteiger charge is -2.34. The minimum absolute atomic E-state index is 0.00596. The predicted octanol–water partition coefficient (Wildman–Crippen LogP) is 8.02. The van der Waals surface area contributed by atoms with E-state index in [-0.39, 0.29) is 29.5 Å². The van der Waals surface area contributed by atoms with Crippen molar-refractivity contribution in [3.8, 4) is 0 Å². The Labute approximate surface area is 292 Å². The second-order valence-corrected chi connectivity index (χ2v) is 14.4. The van der Waals surface area contributed by atoms with Gasteiger partial charge in [-0.2, -0.15) is 0 Å². The maximum Gasteiger partial charge on any atom is 0.264 e. The molecule has 0 spiro atoms. The highest BCUT2D eigenvalue weighted by atomic mass is 35.5. The van der Waals surface area contributed by atoms with Gasteiger partial charge in [0, 0.05) is 40.1 Å². The molecule has 0 aliphatic heterocycles. The molecule has 1 N–H and O–H groups in total. The number of halogens is 3. The Hall–Kier alpha value is -3.56. The van der Waals surface area contributed by atoms with Crippen molar-refractivity contribution in [3.05, 3.63) is 128 Å². The van der Waals surface area contributed by atoms with Crippen molar-refractivity contribution in [1.82, 2.24) is 10.2 Å². The van der Waals surface area contributed by atoms with Gasteiger partial charge >= 0.3 is 0 Å². The van der Waals surface area contributed by atoms with Gasteiger partial charge in [0.2, 0.25) is 11.8 Å². The van der Waals surface area contributed by atoms with Crippen molar-refractivity contribution in [3.63, 3.8) is 0 Å². The molecule has 0 fully saturated rings. The average molecular weight is 715 g/mol. The van der Waals surface area contributed by atoms with Crippen LogP contribution >= 0.6 is 34.8 Å². The number of carbonyl (C=O) groups is 2. The fourth-order valence-electron chi connectivity index (χ4n) is 5.02. The van der Waals surface area contributed by atoms with E-state index < -0.39 is 28.5 Å². The Balaban J connectivity index is 1.84. The molecule has 0 saturated heterocycles. The predicted molar refractivity (Wildman–Crippen MR) is 191 cm³/mol. The molecule has 248 valence electrons. The minimum Gasteiger partial charge on any atom is -0.354 e. The normalized spacial score (nSPS) is 12.0. The number of unbranched alkanes of at least 4 members (excludes halogenated alkanes) is 1.